The number of anilines is 2. The van der Waals surface area contributed by atoms with Gasteiger partial charge in [0.1, 0.15) is 5.82 Å². The lowest BCUT2D eigenvalue weighted by atomic mass is 10.2. The monoisotopic (exact) mass is 352 g/mol. The molecule has 1 amide bonds. The number of aromatic nitrogens is 2. The van der Waals surface area contributed by atoms with Crippen molar-refractivity contribution in [2.24, 2.45) is 0 Å². The Morgan fingerprint density at radius 3 is 2.87 bits per heavy atom. The minimum Gasteiger partial charge on any atom is -0.353 e. The van der Waals surface area contributed by atoms with Crippen LogP contribution in [0.3, 0.4) is 0 Å². The van der Waals surface area contributed by atoms with Crippen molar-refractivity contribution in [3.8, 4) is 0 Å². The Hall–Kier alpha value is -1.67. The molecule has 0 unspecified atom stereocenters. The van der Waals surface area contributed by atoms with E-state index in [1.54, 1.807) is 18.2 Å². The van der Waals surface area contributed by atoms with Crippen molar-refractivity contribution in [3.05, 3.63) is 30.1 Å². The van der Waals surface area contributed by atoms with Crippen LogP contribution in [-0.2, 0) is 4.79 Å². The molecular weight excluding hydrogens is 335 g/mol. The Bertz CT molecular complexity index is 673. The Labute approximate surface area is 142 Å². The number of halogens is 1. The first-order valence-electron chi connectivity index (χ1n) is 7.48. The molecule has 5 nitrogen and oxygen atoms in total. The van der Waals surface area contributed by atoms with Crippen LogP contribution in [0.5, 0.6) is 0 Å². The maximum atomic E-state index is 13.6. The molecule has 2 N–H and O–H groups in total. The van der Waals surface area contributed by atoms with Crippen molar-refractivity contribution in [1.82, 2.24) is 15.5 Å². The van der Waals surface area contributed by atoms with Crippen LogP contribution in [0.1, 0.15) is 25.7 Å². The molecule has 0 spiro atoms. The number of carbonyl (C=O) groups excluding carboxylic acids is 1. The number of rotatable bonds is 6. The number of hydrogen-bond donors (Lipinski definition) is 2. The zero-order valence-electron chi connectivity index (χ0n) is 12.4. The van der Waals surface area contributed by atoms with E-state index in [1.807, 2.05) is 0 Å². The molecule has 3 rings (SSSR count). The number of benzene rings is 1. The van der Waals surface area contributed by atoms with Gasteiger partial charge in [-0.1, -0.05) is 48.1 Å². The smallest absolute Gasteiger partial charge is 0.230 e. The fourth-order valence-electron chi connectivity index (χ4n) is 2.46. The predicted octanol–water partition coefficient (Wildman–Crippen LogP) is 3.57. The van der Waals surface area contributed by atoms with Gasteiger partial charge in [0.15, 0.2) is 4.34 Å². The first kappa shape index (κ1) is 16.2. The molecule has 1 aromatic heterocycles. The molecule has 0 bridgehead atoms. The third-order valence-electron chi connectivity index (χ3n) is 3.57. The van der Waals surface area contributed by atoms with Gasteiger partial charge in [0.05, 0.1) is 11.4 Å². The summed E-state index contributed by atoms with van der Waals surface area (Å²) in [5.41, 5.74) is 0.360. The first-order chi connectivity index (χ1) is 11.2. The molecule has 0 saturated heterocycles. The normalized spacial score (nSPS) is 14.8. The van der Waals surface area contributed by atoms with E-state index >= 15 is 0 Å². The molecule has 1 aliphatic rings. The van der Waals surface area contributed by atoms with E-state index in [0.29, 0.717) is 27.0 Å². The molecule has 0 radical (unpaired) electrons. The molecule has 8 heteroatoms. The van der Waals surface area contributed by atoms with Crippen LogP contribution in [0, 0.1) is 5.82 Å². The maximum absolute atomic E-state index is 13.6. The number of nitrogens with zero attached hydrogens (tertiary/aromatic N) is 2. The van der Waals surface area contributed by atoms with Crippen molar-refractivity contribution in [1.29, 1.82) is 0 Å². The second kappa shape index (κ2) is 7.74. The van der Waals surface area contributed by atoms with Crippen LogP contribution in [0.15, 0.2) is 28.6 Å². The van der Waals surface area contributed by atoms with Crippen LogP contribution in [0.4, 0.5) is 15.2 Å². The van der Waals surface area contributed by atoms with Crippen molar-refractivity contribution in [2.45, 2.75) is 36.1 Å². The van der Waals surface area contributed by atoms with Crippen LogP contribution in [0.2, 0.25) is 0 Å². The first-order valence-corrected chi connectivity index (χ1v) is 9.28. The van der Waals surface area contributed by atoms with E-state index in [-0.39, 0.29) is 11.7 Å². The highest BCUT2D eigenvalue weighted by Gasteiger charge is 2.17. The average molecular weight is 352 g/mol. The minimum absolute atomic E-state index is 0.0284. The third kappa shape index (κ3) is 4.65. The second-order valence-electron chi connectivity index (χ2n) is 5.32. The molecule has 1 saturated carbocycles. The van der Waals surface area contributed by atoms with E-state index in [2.05, 4.69) is 20.8 Å². The fraction of sp³-hybridized carbons (Fsp3) is 0.400. The standard InChI is InChI=1S/C15H17FN4OS2/c16-11-7-3-4-8-12(11)18-14-19-20-15(23-14)22-9-13(21)17-10-5-1-2-6-10/h3-4,7-8,10H,1-2,5-6,9H2,(H,17,21)(H,18,19). The molecule has 122 valence electrons. The van der Waals surface area contributed by atoms with Gasteiger partial charge in [-0.2, -0.15) is 0 Å². The molecule has 1 heterocycles. The van der Waals surface area contributed by atoms with Crippen molar-refractivity contribution >= 4 is 39.8 Å². The van der Waals surface area contributed by atoms with Crippen LogP contribution < -0.4 is 10.6 Å². The topological polar surface area (TPSA) is 66.9 Å². The molecule has 0 atom stereocenters. The van der Waals surface area contributed by atoms with Crippen molar-refractivity contribution in [3.63, 3.8) is 0 Å². The highest BCUT2D eigenvalue weighted by Crippen LogP contribution is 2.28. The predicted molar refractivity (Wildman–Crippen MR) is 90.7 cm³/mol. The van der Waals surface area contributed by atoms with Gasteiger partial charge >= 0.3 is 0 Å². The molecule has 1 aliphatic carbocycles. The van der Waals surface area contributed by atoms with Crippen LogP contribution >= 0.6 is 23.1 Å². The number of nitrogens with one attached hydrogen (secondary N) is 2. The van der Waals surface area contributed by atoms with E-state index in [0.717, 1.165) is 12.8 Å². The SMILES string of the molecule is O=C(CSc1nnc(Nc2ccccc2F)s1)NC1CCCC1. The van der Waals surface area contributed by atoms with Crippen molar-refractivity contribution < 1.29 is 9.18 Å². The summed E-state index contributed by atoms with van der Waals surface area (Å²) in [7, 11) is 0. The average Bonchev–Trinajstić information content (AvgIpc) is 3.19. The lowest BCUT2D eigenvalue weighted by Crippen LogP contribution is -2.33. The van der Waals surface area contributed by atoms with Gasteiger partial charge in [-0.05, 0) is 25.0 Å². The molecule has 1 fully saturated rings. The van der Waals surface area contributed by atoms with Gasteiger partial charge in [-0.15, -0.1) is 10.2 Å². The van der Waals surface area contributed by atoms with E-state index in [1.165, 1.54) is 42.0 Å². The summed E-state index contributed by atoms with van der Waals surface area (Å²) in [5, 5.41) is 14.4. The summed E-state index contributed by atoms with van der Waals surface area (Å²) in [6.07, 6.45) is 4.54. The summed E-state index contributed by atoms with van der Waals surface area (Å²) in [5.74, 6) is 0.0127. The lowest BCUT2D eigenvalue weighted by molar-refractivity contribution is -0.119. The zero-order valence-corrected chi connectivity index (χ0v) is 14.1. The number of carbonyl (C=O) groups is 1. The van der Waals surface area contributed by atoms with Gasteiger partial charge in [0.25, 0.3) is 0 Å². The summed E-state index contributed by atoms with van der Waals surface area (Å²) >= 11 is 2.65. The quantitative estimate of drug-likeness (QED) is 0.778. The number of thioether (sulfide) groups is 1. The molecule has 0 aliphatic heterocycles. The fourth-order valence-corrected chi connectivity index (χ4v) is 4.04. The zero-order chi connectivity index (χ0) is 16.1. The Morgan fingerprint density at radius 1 is 1.30 bits per heavy atom. The molecular formula is C15H17FN4OS2. The minimum atomic E-state index is -0.340. The number of para-hydroxylation sites is 1. The van der Waals surface area contributed by atoms with E-state index in [4.69, 9.17) is 0 Å². The number of amides is 1. The lowest BCUT2D eigenvalue weighted by Gasteiger charge is -2.10. The summed E-state index contributed by atoms with van der Waals surface area (Å²) in [4.78, 5) is 11.9. The molecule has 2 aromatic rings. The van der Waals surface area contributed by atoms with Gasteiger partial charge in [-0.3, -0.25) is 4.79 Å². The van der Waals surface area contributed by atoms with Crippen molar-refractivity contribution in [2.75, 3.05) is 11.1 Å². The summed E-state index contributed by atoms with van der Waals surface area (Å²) in [6, 6.07) is 6.72. The van der Waals surface area contributed by atoms with Gasteiger partial charge in [0, 0.05) is 6.04 Å². The second-order valence-corrected chi connectivity index (χ2v) is 7.52. The van der Waals surface area contributed by atoms with Crippen LogP contribution in [0.25, 0.3) is 0 Å². The highest BCUT2D eigenvalue weighted by atomic mass is 32.2. The number of hydrogen-bond acceptors (Lipinski definition) is 6. The van der Waals surface area contributed by atoms with Gasteiger partial charge in [-0.25, -0.2) is 4.39 Å². The summed E-state index contributed by atoms with van der Waals surface area (Å²) < 4.78 is 14.3. The van der Waals surface area contributed by atoms with Gasteiger partial charge < -0.3 is 10.6 Å². The Morgan fingerprint density at radius 2 is 2.09 bits per heavy atom. The molecule has 1 aromatic carbocycles. The molecule has 23 heavy (non-hydrogen) atoms. The van der Waals surface area contributed by atoms with E-state index in [9.17, 15) is 9.18 Å². The largest absolute Gasteiger partial charge is 0.353 e. The highest BCUT2D eigenvalue weighted by molar-refractivity contribution is 8.01. The van der Waals surface area contributed by atoms with Gasteiger partial charge in [0.2, 0.25) is 11.0 Å². The van der Waals surface area contributed by atoms with E-state index < -0.39 is 0 Å². The summed E-state index contributed by atoms with van der Waals surface area (Å²) in [6.45, 7) is 0. The maximum Gasteiger partial charge on any atom is 0.230 e. The van der Waals surface area contributed by atoms with Crippen LogP contribution in [-0.4, -0.2) is 27.9 Å². The Kier molecular flexibility index (Phi) is 5.45. The third-order valence-corrected chi connectivity index (χ3v) is 5.54. The Balaban J connectivity index is 1.49.